The number of aryl methyl sites for hydroxylation is 1. The summed E-state index contributed by atoms with van der Waals surface area (Å²) in [6.45, 7) is 11.5. The van der Waals surface area contributed by atoms with Gasteiger partial charge in [-0.25, -0.2) is 4.99 Å². The number of aliphatic imine (C=N–C) groups is 1. The second-order valence-corrected chi connectivity index (χ2v) is 11.3. The average Bonchev–Trinajstić information content (AvgIpc) is 3.42. The first-order chi connectivity index (χ1) is 16.9. The number of hydrogen-bond acceptors (Lipinski definition) is 5. The van der Waals surface area contributed by atoms with E-state index in [1.54, 1.807) is 6.19 Å². The highest BCUT2D eigenvalue weighted by Gasteiger charge is 2.33. The van der Waals surface area contributed by atoms with Crippen LogP contribution in [0.3, 0.4) is 0 Å². The summed E-state index contributed by atoms with van der Waals surface area (Å²) in [7, 11) is 0. The maximum absolute atomic E-state index is 13.6. The molecule has 0 bridgehead atoms. The van der Waals surface area contributed by atoms with Crippen LogP contribution in [-0.2, 0) is 18.1 Å². The third kappa shape index (κ3) is 6.98. The van der Waals surface area contributed by atoms with Crippen LogP contribution >= 0.6 is 11.5 Å². The number of benzene rings is 1. The molecule has 1 aliphatic rings. The van der Waals surface area contributed by atoms with Gasteiger partial charge in [-0.2, -0.15) is 23.4 Å². The van der Waals surface area contributed by atoms with Crippen molar-refractivity contribution in [3.8, 4) is 11.9 Å². The number of nitriles is 1. The molecule has 0 spiro atoms. The van der Waals surface area contributed by atoms with Gasteiger partial charge in [0.2, 0.25) is 6.19 Å². The van der Waals surface area contributed by atoms with Crippen LogP contribution in [0.15, 0.2) is 34.4 Å². The molecule has 1 aromatic carbocycles. The highest BCUT2D eigenvalue weighted by Crippen LogP contribution is 2.34. The lowest BCUT2D eigenvalue weighted by molar-refractivity contribution is -0.137. The Labute approximate surface area is 214 Å². The monoisotopic (exact) mass is 521 g/mol. The van der Waals surface area contributed by atoms with Crippen LogP contribution in [-0.4, -0.2) is 28.5 Å². The van der Waals surface area contributed by atoms with Crippen LogP contribution in [0.5, 0.6) is 5.75 Å². The zero-order valence-electron chi connectivity index (χ0n) is 21.5. The summed E-state index contributed by atoms with van der Waals surface area (Å²) in [5.74, 6) is 0.120. The summed E-state index contributed by atoms with van der Waals surface area (Å²) >= 11 is 1.40. The highest BCUT2D eigenvalue weighted by atomic mass is 32.1. The molecule has 0 unspecified atom stereocenters. The van der Waals surface area contributed by atoms with E-state index in [4.69, 9.17) is 4.74 Å². The summed E-state index contributed by atoms with van der Waals surface area (Å²) in [4.78, 5) is 8.50. The number of rotatable bonds is 7. The van der Waals surface area contributed by atoms with Crippen LogP contribution in [0, 0.1) is 11.5 Å². The summed E-state index contributed by atoms with van der Waals surface area (Å²) in [6, 6.07) is 3.25. The zero-order valence-corrected chi connectivity index (χ0v) is 22.3. The first-order valence-electron chi connectivity index (χ1n) is 12.2. The zero-order chi connectivity index (χ0) is 26.6. The van der Waals surface area contributed by atoms with Crippen LogP contribution in [0.25, 0.3) is 0 Å². The summed E-state index contributed by atoms with van der Waals surface area (Å²) < 4.78 is 49.6. The van der Waals surface area contributed by atoms with E-state index in [1.165, 1.54) is 17.6 Å². The number of alkyl halides is 3. The number of nitrogens with one attached hydrogen (secondary N) is 1. The number of unbranched alkanes of at least 4 members (excludes halogenated alkanes) is 1. The van der Waals surface area contributed by atoms with Crippen molar-refractivity contribution in [2.45, 2.75) is 84.0 Å². The van der Waals surface area contributed by atoms with Crippen molar-refractivity contribution in [1.82, 2.24) is 9.27 Å². The van der Waals surface area contributed by atoms with Crippen LogP contribution in [0.4, 0.5) is 13.2 Å². The van der Waals surface area contributed by atoms with E-state index in [0.29, 0.717) is 4.67 Å². The lowest BCUT2D eigenvalue weighted by Crippen LogP contribution is -2.42. The third-order valence-corrected chi connectivity index (χ3v) is 7.48. The largest absolute Gasteiger partial charge is 0.491 e. The maximum atomic E-state index is 13.6. The number of aromatic nitrogens is 1. The number of hydrogen-bond donors (Lipinski definition) is 1. The molecule has 0 amide bonds. The molecule has 1 saturated heterocycles. The molecule has 36 heavy (non-hydrogen) atoms. The van der Waals surface area contributed by atoms with Crippen molar-refractivity contribution in [1.29, 1.82) is 5.26 Å². The Bertz CT molecular complexity index is 1190. The Morgan fingerprint density at radius 2 is 2.06 bits per heavy atom. The minimum Gasteiger partial charge on any atom is -0.491 e. The molecule has 1 aromatic heterocycles. The minimum absolute atomic E-state index is 0.0464. The van der Waals surface area contributed by atoms with Gasteiger partial charge in [0.25, 0.3) is 0 Å². The van der Waals surface area contributed by atoms with Crippen molar-refractivity contribution in [3.05, 3.63) is 45.8 Å². The Kier molecular flexibility index (Phi) is 8.67. The van der Waals surface area contributed by atoms with Crippen LogP contribution in [0.2, 0.25) is 0 Å². The topological polar surface area (TPSA) is 74.7 Å². The predicted molar refractivity (Wildman–Crippen MR) is 136 cm³/mol. The summed E-state index contributed by atoms with van der Waals surface area (Å²) in [5, 5.41) is 12.8. The minimum atomic E-state index is -4.56. The van der Waals surface area contributed by atoms with Crippen molar-refractivity contribution in [2.75, 3.05) is 13.2 Å². The molecule has 0 radical (unpaired) electrons. The normalized spacial score (nSPS) is 19.5. The Hall–Kier alpha value is -2.64. The van der Waals surface area contributed by atoms with Crippen LogP contribution < -0.4 is 14.7 Å². The van der Waals surface area contributed by atoms with Gasteiger partial charge < -0.3 is 10.1 Å². The first kappa shape index (κ1) is 27.9. The van der Waals surface area contributed by atoms with Gasteiger partial charge in [-0.15, -0.1) is 0 Å². The second kappa shape index (κ2) is 11.2. The molecule has 1 fully saturated rings. The predicted octanol–water partition coefficient (Wildman–Crippen LogP) is 6.02. The van der Waals surface area contributed by atoms with Gasteiger partial charge in [-0.1, -0.05) is 13.3 Å². The maximum Gasteiger partial charge on any atom is 0.416 e. The van der Waals surface area contributed by atoms with Crippen LogP contribution in [0.1, 0.15) is 77.0 Å². The molecule has 10 heteroatoms. The van der Waals surface area contributed by atoms with Crippen molar-refractivity contribution < 1.29 is 17.9 Å². The van der Waals surface area contributed by atoms with E-state index in [1.807, 2.05) is 13.1 Å². The lowest BCUT2D eigenvalue weighted by Gasteiger charge is -2.25. The van der Waals surface area contributed by atoms with E-state index in [-0.39, 0.29) is 34.8 Å². The number of nitrogens with zero attached hydrogens (tertiary/aromatic N) is 4. The smallest absolute Gasteiger partial charge is 0.416 e. The third-order valence-electron chi connectivity index (χ3n) is 6.11. The Balaban J connectivity index is 2.13. The van der Waals surface area contributed by atoms with E-state index in [0.717, 1.165) is 56.3 Å². The molecule has 1 aliphatic heterocycles. The molecule has 196 valence electrons. The standard InChI is InChI=1S/C26H34F3N5OS/c1-6-7-9-18-15-34(24(2,3)4)36-23(18)33-22(31-17-30)20-14-19(26(27,28)29)10-11-21(20)35-16-25(5)12-8-13-32-25/h10-11,14-15,32H,6-9,12-13,16H2,1-5H3/t25-/m0/s1. The van der Waals surface area contributed by atoms with Gasteiger partial charge in [0.05, 0.1) is 11.1 Å². The van der Waals surface area contributed by atoms with Gasteiger partial charge in [-0.3, -0.25) is 3.96 Å². The molecular formula is C26H34F3N5OS. The van der Waals surface area contributed by atoms with Crippen molar-refractivity contribution in [2.24, 2.45) is 9.98 Å². The fourth-order valence-electron chi connectivity index (χ4n) is 3.95. The second-order valence-electron chi connectivity index (χ2n) is 10.4. The SMILES string of the molecule is CCCCc1cn(C(C)(C)C)sc1=NC(=NC#N)c1cc(C(F)(F)F)ccc1OC[C@]1(C)CCCN1. The highest BCUT2D eigenvalue weighted by molar-refractivity contribution is 7.04. The molecule has 1 N–H and O–H groups in total. The molecule has 0 saturated carbocycles. The van der Waals surface area contributed by atoms with Gasteiger partial charge in [0, 0.05) is 22.8 Å². The quantitative estimate of drug-likeness (QED) is 0.275. The first-order valence-corrected chi connectivity index (χ1v) is 13.0. The fourth-order valence-corrected chi connectivity index (χ4v) is 4.99. The van der Waals surface area contributed by atoms with Gasteiger partial charge in [0.15, 0.2) is 5.84 Å². The molecule has 3 rings (SSSR count). The molecule has 2 aromatic rings. The van der Waals surface area contributed by atoms with E-state index in [2.05, 4.69) is 47.0 Å². The lowest BCUT2D eigenvalue weighted by atomic mass is 10.0. The van der Waals surface area contributed by atoms with Gasteiger partial charge in [-0.05, 0) is 89.7 Å². The molecule has 0 aliphatic carbocycles. The number of halogens is 3. The van der Waals surface area contributed by atoms with Crippen molar-refractivity contribution in [3.63, 3.8) is 0 Å². The number of ether oxygens (including phenoxy) is 1. The molecule has 2 heterocycles. The molecule has 6 nitrogen and oxygen atoms in total. The van der Waals surface area contributed by atoms with E-state index >= 15 is 0 Å². The van der Waals surface area contributed by atoms with E-state index in [9.17, 15) is 18.4 Å². The van der Waals surface area contributed by atoms with Gasteiger partial charge in [0.1, 0.15) is 17.0 Å². The summed E-state index contributed by atoms with van der Waals surface area (Å²) in [6.07, 6.45) is 3.79. The molecular weight excluding hydrogens is 487 g/mol. The van der Waals surface area contributed by atoms with E-state index < -0.39 is 11.7 Å². The average molecular weight is 522 g/mol. The fraction of sp³-hybridized carbons (Fsp3) is 0.577. The molecule has 1 atom stereocenters. The van der Waals surface area contributed by atoms with Gasteiger partial charge >= 0.3 is 6.18 Å². The Morgan fingerprint density at radius 1 is 1.31 bits per heavy atom. The summed E-state index contributed by atoms with van der Waals surface area (Å²) in [5.41, 5.74) is -0.300. The number of amidine groups is 1. The van der Waals surface area contributed by atoms with Crippen molar-refractivity contribution >= 4 is 17.4 Å². The Morgan fingerprint density at radius 3 is 2.64 bits per heavy atom.